The van der Waals surface area contributed by atoms with E-state index in [9.17, 15) is 9.18 Å². The molecule has 0 saturated heterocycles. The normalized spacial score (nSPS) is 14.8. The topological polar surface area (TPSA) is 50.1 Å². The number of ether oxygens (including phenoxy) is 1. The smallest absolute Gasteiger partial charge is 0.196 e. The van der Waals surface area contributed by atoms with Gasteiger partial charge in [-0.05, 0) is 31.0 Å². The zero-order valence-corrected chi connectivity index (χ0v) is 12.6. The van der Waals surface area contributed by atoms with Crippen molar-refractivity contribution >= 4 is 5.78 Å². The third-order valence-electron chi connectivity index (χ3n) is 4.17. The molecular formula is C19H16FNO2. The number of carbonyl (C=O) groups is 1. The molecule has 2 aromatic carbocycles. The van der Waals surface area contributed by atoms with Gasteiger partial charge in [0.05, 0.1) is 18.2 Å². The summed E-state index contributed by atoms with van der Waals surface area (Å²) in [5, 5.41) is 8.86. The van der Waals surface area contributed by atoms with Crippen LogP contribution in [0.15, 0.2) is 48.5 Å². The van der Waals surface area contributed by atoms with E-state index < -0.39 is 5.82 Å². The second kappa shape index (κ2) is 6.21. The van der Waals surface area contributed by atoms with E-state index in [1.54, 1.807) is 24.3 Å². The van der Waals surface area contributed by atoms with Gasteiger partial charge in [-0.15, -0.1) is 0 Å². The highest BCUT2D eigenvalue weighted by molar-refractivity contribution is 6.10. The van der Waals surface area contributed by atoms with E-state index >= 15 is 0 Å². The van der Waals surface area contributed by atoms with E-state index in [-0.39, 0.29) is 16.8 Å². The Bertz CT molecular complexity index is 761. The number of halogens is 1. The third kappa shape index (κ3) is 3.40. The lowest BCUT2D eigenvalue weighted by molar-refractivity contribution is 0.103. The van der Waals surface area contributed by atoms with Crippen molar-refractivity contribution in [3.63, 3.8) is 0 Å². The van der Waals surface area contributed by atoms with Crippen LogP contribution < -0.4 is 4.74 Å². The summed E-state index contributed by atoms with van der Waals surface area (Å²) in [4.78, 5) is 12.6. The number of rotatable bonds is 6. The molecule has 0 N–H and O–H groups in total. The van der Waals surface area contributed by atoms with Crippen LogP contribution in [-0.4, -0.2) is 12.4 Å². The van der Waals surface area contributed by atoms with Crippen LogP contribution in [0.4, 0.5) is 4.39 Å². The molecule has 0 aliphatic heterocycles. The van der Waals surface area contributed by atoms with E-state index in [1.165, 1.54) is 18.2 Å². The summed E-state index contributed by atoms with van der Waals surface area (Å²) in [6, 6.07) is 14.9. The SMILES string of the molecule is N#CCC1(COc2ccc(F)cc2C(=O)c2ccccc2)CC1. The van der Waals surface area contributed by atoms with E-state index in [0.29, 0.717) is 24.3 Å². The van der Waals surface area contributed by atoms with Crippen molar-refractivity contribution in [2.45, 2.75) is 19.3 Å². The quantitative estimate of drug-likeness (QED) is 0.754. The van der Waals surface area contributed by atoms with Crippen LogP contribution >= 0.6 is 0 Å². The molecule has 4 heteroatoms. The molecule has 0 atom stereocenters. The Morgan fingerprint density at radius 1 is 1.22 bits per heavy atom. The van der Waals surface area contributed by atoms with Crippen molar-refractivity contribution < 1.29 is 13.9 Å². The van der Waals surface area contributed by atoms with Crippen LogP contribution in [0.2, 0.25) is 0 Å². The van der Waals surface area contributed by atoms with Gasteiger partial charge in [0.25, 0.3) is 0 Å². The van der Waals surface area contributed by atoms with Gasteiger partial charge in [-0.1, -0.05) is 30.3 Å². The largest absolute Gasteiger partial charge is 0.492 e. The Morgan fingerprint density at radius 3 is 2.61 bits per heavy atom. The van der Waals surface area contributed by atoms with Crippen molar-refractivity contribution in [1.29, 1.82) is 5.26 Å². The van der Waals surface area contributed by atoms with Crippen molar-refractivity contribution in [2.24, 2.45) is 5.41 Å². The molecule has 0 spiro atoms. The van der Waals surface area contributed by atoms with Crippen molar-refractivity contribution in [3.8, 4) is 11.8 Å². The average molecular weight is 309 g/mol. The maximum atomic E-state index is 13.6. The summed E-state index contributed by atoms with van der Waals surface area (Å²) in [7, 11) is 0. The molecule has 0 radical (unpaired) electrons. The molecule has 1 aliphatic carbocycles. The lowest BCUT2D eigenvalue weighted by Crippen LogP contribution is -2.14. The van der Waals surface area contributed by atoms with Gasteiger partial charge in [0, 0.05) is 17.4 Å². The molecule has 0 amide bonds. The first-order chi connectivity index (χ1) is 11.1. The fraction of sp³-hybridized carbons (Fsp3) is 0.263. The number of hydrogen-bond acceptors (Lipinski definition) is 3. The van der Waals surface area contributed by atoms with Crippen LogP contribution in [-0.2, 0) is 0 Å². The summed E-state index contributed by atoms with van der Waals surface area (Å²) < 4.78 is 19.4. The maximum absolute atomic E-state index is 13.6. The number of hydrogen-bond donors (Lipinski definition) is 0. The molecule has 0 unspecified atom stereocenters. The van der Waals surface area contributed by atoms with Crippen LogP contribution in [0.5, 0.6) is 5.75 Å². The molecule has 2 aromatic rings. The highest BCUT2D eigenvalue weighted by atomic mass is 19.1. The van der Waals surface area contributed by atoms with E-state index in [2.05, 4.69) is 6.07 Å². The Morgan fingerprint density at radius 2 is 1.96 bits per heavy atom. The zero-order valence-electron chi connectivity index (χ0n) is 12.6. The third-order valence-corrected chi connectivity index (χ3v) is 4.17. The van der Waals surface area contributed by atoms with E-state index in [0.717, 1.165) is 12.8 Å². The zero-order chi connectivity index (χ0) is 16.3. The number of nitriles is 1. The standard InChI is InChI=1S/C19H16FNO2/c20-15-6-7-17(23-13-19(8-9-19)10-11-21)16(12-15)18(22)14-4-2-1-3-5-14/h1-7,12H,8-10,13H2. The molecule has 3 rings (SSSR count). The van der Waals surface area contributed by atoms with E-state index in [1.807, 2.05) is 6.07 Å². The first-order valence-electron chi connectivity index (χ1n) is 7.53. The number of nitrogens with zero attached hydrogens (tertiary/aromatic N) is 1. The Labute approximate surface area is 134 Å². The first kappa shape index (κ1) is 15.2. The van der Waals surface area contributed by atoms with Crippen LogP contribution in [0.3, 0.4) is 0 Å². The van der Waals surface area contributed by atoms with Gasteiger partial charge in [-0.25, -0.2) is 4.39 Å². The van der Waals surface area contributed by atoms with Crippen LogP contribution in [0.25, 0.3) is 0 Å². The minimum absolute atomic E-state index is 0.101. The van der Waals surface area contributed by atoms with Gasteiger partial charge in [0.1, 0.15) is 11.6 Å². The number of benzene rings is 2. The fourth-order valence-corrected chi connectivity index (χ4v) is 2.50. The summed E-state index contributed by atoms with van der Waals surface area (Å²) in [6.07, 6.45) is 2.34. The fourth-order valence-electron chi connectivity index (χ4n) is 2.50. The Hall–Kier alpha value is -2.67. The lowest BCUT2D eigenvalue weighted by atomic mass is 10.0. The Kier molecular flexibility index (Phi) is 4.12. The molecular weight excluding hydrogens is 293 g/mol. The molecule has 3 nitrogen and oxygen atoms in total. The molecule has 23 heavy (non-hydrogen) atoms. The second-order valence-electron chi connectivity index (χ2n) is 5.96. The monoisotopic (exact) mass is 309 g/mol. The summed E-state index contributed by atoms with van der Waals surface area (Å²) in [5.41, 5.74) is 0.598. The molecule has 0 heterocycles. The molecule has 1 aliphatic rings. The van der Waals surface area contributed by atoms with Gasteiger partial charge < -0.3 is 4.74 Å². The minimum atomic E-state index is -0.477. The van der Waals surface area contributed by atoms with Crippen molar-refractivity contribution in [1.82, 2.24) is 0 Å². The molecule has 0 bridgehead atoms. The van der Waals surface area contributed by atoms with Gasteiger partial charge in [-0.3, -0.25) is 4.79 Å². The molecule has 0 aromatic heterocycles. The predicted octanol–water partition coefficient (Wildman–Crippen LogP) is 4.13. The number of ketones is 1. The Balaban J connectivity index is 1.84. The molecule has 116 valence electrons. The maximum Gasteiger partial charge on any atom is 0.196 e. The lowest BCUT2D eigenvalue weighted by Gasteiger charge is -2.15. The van der Waals surface area contributed by atoms with E-state index in [4.69, 9.17) is 10.00 Å². The second-order valence-corrected chi connectivity index (χ2v) is 5.96. The number of carbonyl (C=O) groups excluding carboxylic acids is 1. The summed E-state index contributed by atoms with van der Waals surface area (Å²) in [6.45, 7) is 0.376. The van der Waals surface area contributed by atoms with Crippen LogP contribution in [0, 0.1) is 22.6 Å². The summed E-state index contributed by atoms with van der Waals surface area (Å²) >= 11 is 0. The van der Waals surface area contributed by atoms with Crippen molar-refractivity contribution in [3.05, 3.63) is 65.5 Å². The van der Waals surface area contributed by atoms with Gasteiger partial charge in [0.2, 0.25) is 0 Å². The minimum Gasteiger partial charge on any atom is -0.492 e. The van der Waals surface area contributed by atoms with Crippen molar-refractivity contribution in [2.75, 3.05) is 6.61 Å². The molecule has 1 fully saturated rings. The van der Waals surface area contributed by atoms with Crippen LogP contribution in [0.1, 0.15) is 35.2 Å². The highest BCUT2D eigenvalue weighted by Gasteiger charge is 2.43. The first-order valence-corrected chi connectivity index (χ1v) is 7.53. The average Bonchev–Trinajstić information content (AvgIpc) is 3.34. The van der Waals surface area contributed by atoms with Gasteiger partial charge >= 0.3 is 0 Å². The van der Waals surface area contributed by atoms with Gasteiger partial charge in [0.15, 0.2) is 5.78 Å². The summed E-state index contributed by atoms with van der Waals surface area (Å²) in [5.74, 6) is -0.385. The predicted molar refractivity (Wildman–Crippen MR) is 83.7 cm³/mol. The van der Waals surface area contributed by atoms with Gasteiger partial charge in [-0.2, -0.15) is 5.26 Å². The molecule has 1 saturated carbocycles. The highest BCUT2D eigenvalue weighted by Crippen LogP contribution is 2.48.